The van der Waals surface area contributed by atoms with E-state index in [4.69, 9.17) is 0 Å². The van der Waals surface area contributed by atoms with Gasteiger partial charge in [0.15, 0.2) is 0 Å². The number of rotatable bonds is 5. The highest BCUT2D eigenvalue weighted by atomic mass is 19.1. The molecule has 0 bridgehead atoms. The Hall–Kier alpha value is -3.82. The van der Waals surface area contributed by atoms with Gasteiger partial charge in [0.2, 0.25) is 5.91 Å². The van der Waals surface area contributed by atoms with Gasteiger partial charge in [-0.25, -0.2) is 9.18 Å². The van der Waals surface area contributed by atoms with E-state index in [9.17, 15) is 28.9 Å². The number of non-ortho nitro benzene ring substituents is 1. The highest BCUT2D eigenvalue weighted by molar-refractivity contribution is 6.10. The first-order chi connectivity index (χ1) is 13.6. The Morgan fingerprint density at radius 1 is 1.24 bits per heavy atom. The molecule has 3 rings (SSSR count). The predicted octanol–water partition coefficient (Wildman–Crippen LogP) is 2.45. The van der Waals surface area contributed by atoms with Crippen LogP contribution in [0.25, 0.3) is 0 Å². The lowest BCUT2D eigenvalue weighted by Gasteiger charge is -2.22. The van der Waals surface area contributed by atoms with Crippen molar-refractivity contribution >= 4 is 29.2 Å². The van der Waals surface area contributed by atoms with E-state index in [0.717, 1.165) is 23.8 Å². The molecule has 2 N–H and O–H groups in total. The van der Waals surface area contributed by atoms with E-state index < -0.39 is 52.0 Å². The predicted molar refractivity (Wildman–Crippen MR) is 100 cm³/mol. The molecule has 0 spiro atoms. The molecular weight excluding hydrogens is 383 g/mol. The summed E-state index contributed by atoms with van der Waals surface area (Å²) in [5.41, 5.74) is -0.651. The molecule has 2 aromatic carbocycles. The zero-order chi connectivity index (χ0) is 21.3. The Kier molecular flexibility index (Phi) is 5.02. The van der Waals surface area contributed by atoms with E-state index in [-0.39, 0.29) is 0 Å². The highest BCUT2D eigenvalue weighted by Gasteiger charge is 2.49. The van der Waals surface area contributed by atoms with E-state index >= 15 is 0 Å². The number of aryl methyl sites for hydroxylation is 1. The number of nitro groups is 1. The Morgan fingerprint density at radius 3 is 2.52 bits per heavy atom. The summed E-state index contributed by atoms with van der Waals surface area (Å²) in [6, 6.07) is 8.88. The third-order valence-corrected chi connectivity index (χ3v) is 4.64. The van der Waals surface area contributed by atoms with Crippen molar-refractivity contribution in [3.63, 3.8) is 0 Å². The Labute approximate surface area is 164 Å². The van der Waals surface area contributed by atoms with Gasteiger partial charge < -0.3 is 10.6 Å². The highest BCUT2D eigenvalue weighted by Crippen LogP contribution is 2.29. The summed E-state index contributed by atoms with van der Waals surface area (Å²) in [5.74, 6) is -2.40. The van der Waals surface area contributed by atoms with Crippen molar-refractivity contribution in [2.45, 2.75) is 19.4 Å². The summed E-state index contributed by atoms with van der Waals surface area (Å²) < 4.78 is 13.8. The van der Waals surface area contributed by atoms with Gasteiger partial charge in [0.25, 0.3) is 11.6 Å². The Morgan fingerprint density at radius 2 is 1.90 bits per heavy atom. The molecule has 1 heterocycles. The summed E-state index contributed by atoms with van der Waals surface area (Å²) in [5, 5.41) is 15.5. The number of nitro benzene ring substituents is 1. The summed E-state index contributed by atoms with van der Waals surface area (Å²) in [7, 11) is 0. The number of hydrogen-bond donors (Lipinski definition) is 2. The molecule has 1 aliphatic heterocycles. The lowest BCUT2D eigenvalue weighted by atomic mass is 9.91. The maximum absolute atomic E-state index is 13.8. The Bertz CT molecular complexity index is 1020. The first kappa shape index (κ1) is 19.9. The third kappa shape index (κ3) is 3.77. The molecule has 4 amide bonds. The smallest absolute Gasteiger partial charge is 0.322 e. The molecule has 0 radical (unpaired) electrons. The van der Waals surface area contributed by atoms with E-state index in [1.807, 2.05) is 6.92 Å². The first-order valence-corrected chi connectivity index (χ1v) is 8.57. The van der Waals surface area contributed by atoms with Crippen LogP contribution < -0.4 is 10.6 Å². The maximum atomic E-state index is 13.8. The SMILES string of the molecule is Cc1ccc([C@]2(C)NC(=O)N(CC(=O)Nc3cc([N+](=O)[O-])ccc3F)C2=O)cc1. The van der Waals surface area contributed by atoms with E-state index in [0.29, 0.717) is 10.5 Å². The number of nitrogens with one attached hydrogen (secondary N) is 2. The normalized spacial score (nSPS) is 18.5. The number of urea groups is 1. The van der Waals surface area contributed by atoms with Crippen molar-refractivity contribution < 1.29 is 23.7 Å². The molecular formula is C19H17FN4O5. The number of hydrogen-bond acceptors (Lipinski definition) is 5. The average Bonchev–Trinajstić information content (AvgIpc) is 2.88. The molecule has 0 aliphatic carbocycles. The van der Waals surface area contributed by atoms with Gasteiger partial charge in [0, 0.05) is 12.1 Å². The molecule has 1 atom stereocenters. The molecule has 1 fully saturated rings. The van der Waals surface area contributed by atoms with Gasteiger partial charge in [-0.3, -0.25) is 24.6 Å². The van der Waals surface area contributed by atoms with Crippen molar-refractivity contribution in [1.29, 1.82) is 0 Å². The second-order valence-corrected chi connectivity index (χ2v) is 6.78. The number of benzene rings is 2. The van der Waals surface area contributed by atoms with Crippen LogP contribution in [0.15, 0.2) is 42.5 Å². The van der Waals surface area contributed by atoms with Crippen LogP contribution >= 0.6 is 0 Å². The van der Waals surface area contributed by atoms with E-state index in [1.54, 1.807) is 24.3 Å². The van der Waals surface area contributed by atoms with Crippen LogP contribution in [0.4, 0.5) is 20.6 Å². The molecule has 9 nitrogen and oxygen atoms in total. The number of halogens is 1. The van der Waals surface area contributed by atoms with Crippen molar-refractivity contribution in [3.8, 4) is 0 Å². The largest absolute Gasteiger partial charge is 0.325 e. The molecule has 10 heteroatoms. The van der Waals surface area contributed by atoms with Crippen molar-refractivity contribution in [1.82, 2.24) is 10.2 Å². The molecule has 2 aromatic rings. The average molecular weight is 400 g/mol. The molecule has 1 aliphatic rings. The number of carbonyl (C=O) groups is 3. The van der Waals surface area contributed by atoms with Crippen molar-refractivity contribution in [3.05, 3.63) is 69.5 Å². The number of nitrogens with zero attached hydrogens (tertiary/aromatic N) is 2. The van der Waals surface area contributed by atoms with Crippen molar-refractivity contribution in [2.75, 3.05) is 11.9 Å². The monoisotopic (exact) mass is 400 g/mol. The number of carbonyl (C=O) groups excluding carboxylic acids is 3. The first-order valence-electron chi connectivity index (χ1n) is 8.57. The number of amides is 4. The van der Waals surface area contributed by atoms with Gasteiger partial charge in [-0.15, -0.1) is 0 Å². The second-order valence-electron chi connectivity index (χ2n) is 6.78. The fourth-order valence-corrected chi connectivity index (χ4v) is 2.98. The van der Waals surface area contributed by atoms with E-state index in [2.05, 4.69) is 10.6 Å². The van der Waals surface area contributed by atoms with Gasteiger partial charge in [-0.05, 0) is 25.5 Å². The second kappa shape index (κ2) is 7.30. The summed E-state index contributed by atoms with van der Waals surface area (Å²) in [6.45, 7) is 2.73. The minimum atomic E-state index is -1.35. The summed E-state index contributed by atoms with van der Waals surface area (Å²) in [4.78, 5) is 48.2. The van der Waals surface area contributed by atoms with Crippen LogP contribution in [0, 0.1) is 22.9 Å². The van der Waals surface area contributed by atoms with Crippen LogP contribution in [-0.4, -0.2) is 34.2 Å². The van der Waals surface area contributed by atoms with Gasteiger partial charge in [0.1, 0.15) is 17.9 Å². The van der Waals surface area contributed by atoms with E-state index in [1.165, 1.54) is 6.92 Å². The fraction of sp³-hybridized carbons (Fsp3) is 0.211. The third-order valence-electron chi connectivity index (χ3n) is 4.64. The lowest BCUT2D eigenvalue weighted by molar-refractivity contribution is -0.384. The number of imide groups is 1. The van der Waals surface area contributed by atoms with Gasteiger partial charge >= 0.3 is 6.03 Å². The zero-order valence-electron chi connectivity index (χ0n) is 15.6. The Balaban J connectivity index is 1.77. The van der Waals surface area contributed by atoms with Gasteiger partial charge in [-0.1, -0.05) is 29.8 Å². The standard InChI is InChI=1S/C19H17FN4O5/c1-11-3-5-12(6-4-11)19(2)17(26)23(18(27)22-19)10-16(25)21-15-9-13(24(28)29)7-8-14(15)20/h3-9H,10H2,1-2H3,(H,21,25)(H,22,27)/t19-/m0/s1. The summed E-state index contributed by atoms with van der Waals surface area (Å²) >= 11 is 0. The van der Waals surface area contributed by atoms with Crippen LogP contribution in [0.2, 0.25) is 0 Å². The molecule has 0 saturated carbocycles. The zero-order valence-corrected chi connectivity index (χ0v) is 15.6. The maximum Gasteiger partial charge on any atom is 0.325 e. The summed E-state index contributed by atoms with van der Waals surface area (Å²) in [6.07, 6.45) is 0. The van der Waals surface area contributed by atoms with Crippen LogP contribution in [-0.2, 0) is 15.1 Å². The molecule has 0 unspecified atom stereocenters. The van der Waals surface area contributed by atoms with Crippen molar-refractivity contribution in [2.24, 2.45) is 0 Å². The lowest BCUT2D eigenvalue weighted by Crippen LogP contribution is -2.42. The van der Waals surface area contributed by atoms with Crippen LogP contribution in [0.1, 0.15) is 18.1 Å². The minimum absolute atomic E-state index is 0.413. The molecule has 1 saturated heterocycles. The van der Waals surface area contributed by atoms with Gasteiger partial charge in [0.05, 0.1) is 10.6 Å². The minimum Gasteiger partial charge on any atom is -0.322 e. The van der Waals surface area contributed by atoms with Crippen LogP contribution in [0.5, 0.6) is 0 Å². The fourth-order valence-electron chi connectivity index (χ4n) is 2.98. The van der Waals surface area contributed by atoms with Gasteiger partial charge in [-0.2, -0.15) is 0 Å². The topological polar surface area (TPSA) is 122 Å². The quantitative estimate of drug-likeness (QED) is 0.454. The number of anilines is 1. The molecule has 150 valence electrons. The van der Waals surface area contributed by atoms with Crippen LogP contribution in [0.3, 0.4) is 0 Å². The molecule has 29 heavy (non-hydrogen) atoms. The molecule has 0 aromatic heterocycles.